The highest BCUT2D eigenvalue weighted by atomic mass is 32.2. The Kier molecular flexibility index (Phi) is 7.07. The highest BCUT2D eigenvalue weighted by Crippen LogP contribution is 2.33. The normalized spacial score (nSPS) is 10.6. The van der Waals surface area contributed by atoms with Gasteiger partial charge >= 0.3 is 5.97 Å². The molecule has 0 radical (unpaired) electrons. The van der Waals surface area contributed by atoms with Gasteiger partial charge in [0.05, 0.1) is 18.4 Å². The molecule has 3 aromatic rings. The van der Waals surface area contributed by atoms with Crippen LogP contribution in [0.1, 0.15) is 20.8 Å². The average molecular weight is 443 g/mol. The zero-order valence-corrected chi connectivity index (χ0v) is 18.6. The first-order chi connectivity index (χ1) is 14.5. The summed E-state index contributed by atoms with van der Waals surface area (Å²) in [5.41, 5.74) is 2.16. The maximum Gasteiger partial charge on any atom is 0.341 e. The van der Waals surface area contributed by atoms with Crippen LogP contribution in [0.5, 0.6) is 0 Å². The summed E-state index contributed by atoms with van der Waals surface area (Å²) < 4.78 is 6.77. The van der Waals surface area contributed by atoms with Crippen LogP contribution in [0.15, 0.2) is 48.1 Å². The lowest BCUT2D eigenvalue weighted by Gasteiger charge is -2.08. The van der Waals surface area contributed by atoms with Crippen molar-refractivity contribution in [3.63, 3.8) is 0 Å². The summed E-state index contributed by atoms with van der Waals surface area (Å²) >= 11 is 2.64. The first-order valence-corrected chi connectivity index (χ1v) is 11.0. The summed E-state index contributed by atoms with van der Waals surface area (Å²) in [5.74, 6) is 0.149. The van der Waals surface area contributed by atoms with Crippen LogP contribution in [0.3, 0.4) is 0 Å². The zero-order valence-electron chi connectivity index (χ0n) is 17.0. The fraction of sp³-hybridized carbons (Fsp3) is 0.238. The number of methoxy groups -OCH3 is 1. The van der Waals surface area contributed by atoms with E-state index in [-0.39, 0.29) is 11.7 Å². The summed E-state index contributed by atoms with van der Waals surface area (Å²) in [5, 5.41) is 12.5. The molecule has 0 spiro atoms. The Morgan fingerprint density at radius 2 is 2.00 bits per heavy atom. The smallest absolute Gasteiger partial charge is 0.341 e. The molecule has 2 heterocycles. The van der Waals surface area contributed by atoms with Gasteiger partial charge in [-0.3, -0.25) is 9.36 Å². The molecule has 0 fully saturated rings. The maximum absolute atomic E-state index is 12.6. The Balaban J connectivity index is 1.74. The molecule has 0 bridgehead atoms. The van der Waals surface area contributed by atoms with E-state index in [2.05, 4.69) is 22.1 Å². The number of nitrogens with zero attached hydrogens (tertiary/aromatic N) is 3. The SMILES string of the molecule is C=CCn1c(SCC(=O)Nc2sc(C)c(C)c2C(=O)OC)nnc1-c1ccccc1. The highest BCUT2D eigenvalue weighted by molar-refractivity contribution is 7.99. The van der Waals surface area contributed by atoms with Crippen molar-refractivity contribution in [1.82, 2.24) is 14.8 Å². The Labute approximate surface area is 183 Å². The van der Waals surface area contributed by atoms with Crippen molar-refractivity contribution in [3.05, 3.63) is 59.0 Å². The van der Waals surface area contributed by atoms with Gasteiger partial charge < -0.3 is 10.1 Å². The van der Waals surface area contributed by atoms with Crippen molar-refractivity contribution >= 4 is 40.0 Å². The molecular weight excluding hydrogens is 420 g/mol. The van der Waals surface area contributed by atoms with Crippen molar-refractivity contribution in [2.45, 2.75) is 25.5 Å². The number of esters is 1. The van der Waals surface area contributed by atoms with E-state index in [0.717, 1.165) is 21.8 Å². The number of aromatic nitrogens is 3. The maximum atomic E-state index is 12.6. The molecule has 9 heteroatoms. The second kappa shape index (κ2) is 9.73. The molecule has 1 aromatic carbocycles. The molecule has 0 atom stereocenters. The third-order valence-electron chi connectivity index (χ3n) is 4.42. The van der Waals surface area contributed by atoms with Crippen molar-refractivity contribution < 1.29 is 14.3 Å². The van der Waals surface area contributed by atoms with Crippen molar-refractivity contribution in [3.8, 4) is 11.4 Å². The van der Waals surface area contributed by atoms with E-state index in [0.29, 0.717) is 22.3 Å². The lowest BCUT2D eigenvalue weighted by atomic mass is 10.1. The fourth-order valence-electron chi connectivity index (χ4n) is 2.85. The Morgan fingerprint density at radius 1 is 1.27 bits per heavy atom. The summed E-state index contributed by atoms with van der Waals surface area (Å²) in [6.45, 7) is 8.07. The first kappa shape index (κ1) is 21.8. The van der Waals surface area contributed by atoms with Crippen LogP contribution in [0, 0.1) is 13.8 Å². The van der Waals surface area contributed by atoms with Gasteiger partial charge in [-0.1, -0.05) is 48.2 Å². The van der Waals surface area contributed by atoms with Gasteiger partial charge in [0.15, 0.2) is 11.0 Å². The third kappa shape index (κ3) is 4.63. The van der Waals surface area contributed by atoms with Crippen LogP contribution in [0.2, 0.25) is 0 Å². The van der Waals surface area contributed by atoms with Gasteiger partial charge in [0, 0.05) is 17.0 Å². The number of ether oxygens (including phenoxy) is 1. The predicted octanol–water partition coefficient (Wildman–Crippen LogP) is 4.33. The van der Waals surface area contributed by atoms with E-state index in [1.165, 1.54) is 30.2 Å². The van der Waals surface area contributed by atoms with E-state index in [1.807, 2.05) is 48.7 Å². The molecule has 0 unspecified atom stereocenters. The number of benzene rings is 1. The molecule has 30 heavy (non-hydrogen) atoms. The van der Waals surface area contributed by atoms with E-state index in [1.54, 1.807) is 6.08 Å². The average Bonchev–Trinajstić information content (AvgIpc) is 3.27. The molecule has 2 aromatic heterocycles. The second-order valence-electron chi connectivity index (χ2n) is 6.39. The van der Waals surface area contributed by atoms with Gasteiger partial charge in [0.25, 0.3) is 0 Å². The molecule has 0 aliphatic heterocycles. The Hall–Kier alpha value is -2.91. The minimum atomic E-state index is -0.460. The van der Waals surface area contributed by atoms with E-state index < -0.39 is 5.97 Å². The minimum absolute atomic E-state index is 0.126. The van der Waals surface area contributed by atoms with Gasteiger partial charge in [-0.05, 0) is 19.4 Å². The highest BCUT2D eigenvalue weighted by Gasteiger charge is 2.22. The van der Waals surface area contributed by atoms with Crippen molar-refractivity contribution in [2.24, 2.45) is 0 Å². The van der Waals surface area contributed by atoms with Gasteiger partial charge in [-0.2, -0.15) is 0 Å². The number of allylic oxidation sites excluding steroid dienone is 1. The fourth-order valence-corrected chi connectivity index (χ4v) is 4.66. The largest absolute Gasteiger partial charge is 0.465 e. The summed E-state index contributed by atoms with van der Waals surface area (Å²) in [6, 6.07) is 9.73. The lowest BCUT2D eigenvalue weighted by molar-refractivity contribution is -0.113. The molecular formula is C21H22N4O3S2. The lowest BCUT2D eigenvalue weighted by Crippen LogP contribution is -2.16. The molecule has 7 nitrogen and oxygen atoms in total. The summed E-state index contributed by atoms with van der Waals surface area (Å²) in [4.78, 5) is 25.6. The monoisotopic (exact) mass is 442 g/mol. The predicted molar refractivity (Wildman–Crippen MR) is 120 cm³/mol. The van der Waals surface area contributed by atoms with Gasteiger partial charge in [0.1, 0.15) is 5.00 Å². The van der Waals surface area contributed by atoms with Crippen LogP contribution in [0.4, 0.5) is 5.00 Å². The molecule has 0 saturated heterocycles. The number of aryl methyl sites for hydroxylation is 1. The molecule has 0 saturated carbocycles. The summed E-state index contributed by atoms with van der Waals surface area (Å²) in [6.07, 6.45) is 1.76. The van der Waals surface area contributed by atoms with Crippen LogP contribution >= 0.6 is 23.1 Å². The van der Waals surface area contributed by atoms with Gasteiger partial charge in [-0.15, -0.1) is 28.1 Å². The van der Waals surface area contributed by atoms with Crippen LogP contribution in [-0.4, -0.2) is 39.5 Å². The Bertz CT molecular complexity index is 1070. The molecule has 0 aliphatic rings. The molecule has 3 rings (SSSR count). The van der Waals surface area contributed by atoms with E-state index in [9.17, 15) is 9.59 Å². The van der Waals surface area contributed by atoms with Crippen LogP contribution in [-0.2, 0) is 16.1 Å². The number of carbonyl (C=O) groups is 2. The number of rotatable bonds is 8. The van der Waals surface area contributed by atoms with E-state index in [4.69, 9.17) is 4.74 Å². The molecule has 1 N–H and O–H groups in total. The standard InChI is InChI=1S/C21H22N4O3S2/c1-5-11-25-18(15-9-7-6-8-10-15)23-24-21(25)29-12-16(26)22-19-17(20(27)28-4)13(2)14(3)30-19/h5-10H,1,11-12H2,2-4H3,(H,22,26). The zero-order chi connectivity index (χ0) is 21.7. The molecule has 0 aliphatic carbocycles. The molecule has 1 amide bonds. The second-order valence-corrected chi connectivity index (χ2v) is 8.55. The van der Waals surface area contributed by atoms with E-state index >= 15 is 0 Å². The first-order valence-electron chi connectivity index (χ1n) is 9.16. The number of carbonyl (C=O) groups excluding carboxylic acids is 2. The number of thioether (sulfide) groups is 1. The Morgan fingerprint density at radius 3 is 2.67 bits per heavy atom. The number of hydrogen-bond acceptors (Lipinski definition) is 7. The minimum Gasteiger partial charge on any atom is -0.465 e. The molecule has 156 valence electrons. The topological polar surface area (TPSA) is 86.1 Å². The number of anilines is 1. The number of nitrogens with one attached hydrogen (secondary N) is 1. The third-order valence-corrected chi connectivity index (χ3v) is 6.51. The van der Waals surface area contributed by atoms with Gasteiger partial charge in [0.2, 0.25) is 5.91 Å². The van der Waals surface area contributed by atoms with Crippen LogP contribution < -0.4 is 5.32 Å². The summed E-state index contributed by atoms with van der Waals surface area (Å²) in [7, 11) is 1.33. The van der Waals surface area contributed by atoms with Gasteiger partial charge in [-0.25, -0.2) is 4.79 Å². The van der Waals surface area contributed by atoms with Crippen LogP contribution in [0.25, 0.3) is 11.4 Å². The number of amides is 1. The van der Waals surface area contributed by atoms with Crippen molar-refractivity contribution in [2.75, 3.05) is 18.2 Å². The van der Waals surface area contributed by atoms with Crippen molar-refractivity contribution in [1.29, 1.82) is 0 Å². The number of thiophene rings is 1. The quantitative estimate of drug-likeness (QED) is 0.318. The number of hydrogen-bond donors (Lipinski definition) is 1.